The molecular formula is C15H11ClFNO2S. The molecule has 1 aliphatic rings. The Kier molecular flexibility index (Phi) is 3.89. The fourth-order valence-electron chi connectivity index (χ4n) is 2.13. The number of halogens is 2. The lowest BCUT2D eigenvalue weighted by molar-refractivity contribution is -0.123. The summed E-state index contributed by atoms with van der Waals surface area (Å²) in [4.78, 5) is 11.8. The van der Waals surface area contributed by atoms with Gasteiger partial charge in [-0.1, -0.05) is 29.8 Å². The highest BCUT2D eigenvalue weighted by molar-refractivity contribution is 7.98. The molecule has 0 aliphatic carbocycles. The lowest BCUT2D eigenvalue weighted by atomic mass is 10.1. The van der Waals surface area contributed by atoms with Gasteiger partial charge in [0.15, 0.2) is 6.10 Å². The van der Waals surface area contributed by atoms with E-state index in [-0.39, 0.29) is 5.56 Å². The molecule has 1 unspecified atom stereocenters. The first kappa shape index (κ1) is 14.4. The van der Waals surface area contributed by atoms with Gasteiger partial charge in [0.1, 0.15) is 5.82 Å². The zero-order valence-electron chi connectivity index (χ0n) is 10.8. The molecular weight excluding hydrogens is 313 g/mol. The molecule has 0 radical (unpaired) electrons. The largest absolute Gasteiger partial charge is 0.378 e. The zero-order valence-corrected chi connectivity index (χ0v) is 12.3. The number of anilines is 1. The lowest BCUT2D eigenvalue weighted by Crippen LogP contribution is -2.10. The van der Waals surface area contributed by atoms with E-state index >= 15 is 0 Å². The van der Waals surface area contributed by atoms with Gasteiger partial charge in [-0.3, -0.25) is 4.79 Å². The van der Waals surface area contributed by atoms with Crippen molar-refractivity contribution in [3.8, 4) is 0 Å². The molecule has 21 heavy (non-hydrogen) atoms. The number of aliphatic hydroxyl groups excluding tert-OH is 1. The van der Waals surface area contributed by atoms with Gasteiger partial charge in [0.25, 0.3) is 5.91 Å². The second kappa shape index (κ2) is 5.67. The minimum Gasteiger partial charge on any atom is -0.378 e. The van der Waals surface area contributed by atoms with Crippen LogP contribution in [0.5, 0.6) is 0 Å². The number of rotatable bonds is 3. The van der Waals surface area contributed by atoms with Crippen LogP contribution in [0.3, 0.4) is 0 Å². The normalized spacial score (nSPS) is 16.7. The van der Waals surface area contributed by atoms with E-state index in [2.05, 4.69) is 5.32 Å². The quantitative estimate of drug-likeness (QED) is 0.846. The highest BCUT2D eigenvalue weighted by atomic mass is 35.5. The van der Waals surface area contributed by atoms with Gasteiger partial charge >= 0.3 is 0 Å². The van der Waals surface area contributed by atoms with E-state index in [1.54, 1.807) is 12.1 Å². The maximum absolute atomic E-state index is 14.0. The molecule has 2 aromatic rings. The summed E-state index contributed by atoms with van der Waals surface area (Å²) in [5.74, 6) is -0.467. The van der Waals surface area contributed by atoms with E-state index in [1.165, 1.54) is 17.8 Å². The zero-order chi connectivity index (χ0) is 15.0. The number of hydrogen-bond acceptors (Lipinski definition) is 3. The third-order valence-corrected chi connectivity index (χ3v) is 4.69. The Hall–Kier alpha value is -1.56. The van der Waals surface area contributed by atoms with Crippen LogP contribution in [-0.2, 0) is 10.5 Å². The molecule has 108 valence electrons. The number of carbonyl (C=O) groups is 1. The average Bonchev–Trinajstić information content (AvgIpc) is 2.73. The minimum atomic E-state index is -1.29. The summed E-state index contributed by atoms with van der Waals surface area (Å²) in [6, 6.07) is 10.1. The summed E-state index contributed by atoms with van der Waals surface area (Å²) < 4.78 is 14.0. The smallest absolute Gasteiger partial charge is 0.257 e. The first-order chi connectivity index (χ1) is 10.1. The first-order valence-electron chi connectivity index (χ1n) is 6.25. The van der Waals surface area contributed by atoms with Gasteiger partial charge in [0, 0.05) is 26.9 Å². The van der Waals surface area contributed by atoms with Crippen LogP contribution in [-0.4, -0.2) is 11.0 Å². The van der Waals surface area contributed by atoms with E-state index < -0.39 is 17.8 Å². The number of thioether (sulfide) groups is 1. The van der Waals surface area contributed by atoms with E-state index in [9.17, 15) is 14.3 Å². The number of benzene rings is 2. The van der Waals surface area contributed by atoms with E-state index in [0.717, 1.165) is 5.56 Å². The van der Waals surface area contributed by atoms with Crippen LogP contribution in [0.2, 0.25) is 5.02 Å². The van der Waals surface area contributed by atoms with Crippen molar-refractivity contribution in [3.05, 3.63) is 58.4 Å². The minimum absolute atomic E-state index is 0.277. The molecule has 0 spiro atoms. The molecule has 1 atom stereocenters. The van der Waals surface area contributed by atoms with Gasteiger partial charge in [0.2, 0.25) is 0 Å². The molecule has 0 fully saturated rings. The van der Waals surface area contributed by atoms with Gasteiger partial charge in [-0.2, -0.15) is 0 Å². The molecule has 3 nitrogen and oxygen atoms in total. The van der Waals surface area contributed by atoms with Crippen LogP contribution in [0.1, 0.15) is 17.2 Å². The van der Waals surface area contributed by atoms with E-state index in [0.29, 0.717) is 21.4 Å². The molecule has 1 amide bonds. The third kappa shape index (κ3) is 2.77. The molecule has 0 aromatic heterocycles. The topological polar surface area (TPSA) is 49.3 Å². The summed E-state index contributed by atoms with van der Waals surface area (Å²) >= 11 is 7.36. The van der Waals surface area contributed by atoms with Gasteiger partial charge in [-0.15, -0.1) is 11.8 Å². The number of carbonyl (C=O) groups excluding carboxylic acids is 1. The molecule has 1 aliphatic heterocycles. The average molecular weight is 324 g/mol. The standard InChI is InChI=1S/C15H11ClFNO2S/c16-10-4-2-1-3-8(10)7-21-13-6-12-9(5-11(13)17)14(19)15(20)18-12/h1-6,14,19H,7H2,(H,18,20). The Balaban J connectivity index is 1.83. The van der Waals surface area contributed by atoms with Crippen LogP contribution in [0.4, 0.5) is 10.1 Å². The van der Waals surface area contributed by atoms with Crippen LogP contribution in [0, 0.1) is 5.82 Å². The van der Waals surface area contributed by atoms with Crippen molar-refractivity contribution >= 4 is 35.0 Å². The fourth-order valence-corrected chi connectivity index (χ4v) is 3.37. The first-order valence-corrected chi connectivity index (χ1v) is 7.61. The maximum atomic E-state index is 14.0. The molecule has 0 bridgehead atoms. The van der Waals surface area contributed by atoms with Gasteiger partial charge in [-0.25, -0.2) is 4.39 Å². The summed E-state index contributed by atoms with van der Waals surface area (Å²) in [5.41, 5.74) is 1.64. The van der Waals surface area contributed by atoms with Crippen molar-refractivity contribution in [1.29, 1.82) is 0 Å². The SMILES string of the molecule is O=C1Nc2cc(SCc3ccccc3Cl)c(F)cc2C1O. The molecule has 3 rings (SSSR count). The second-order valence-corrected chi connectivity index (χ2v) is 6.07. The van der Waals surface area contributed by atoms with Crippen molar-refractivity contribution in [1.82, 2.24) is 0 Å². The van der Waals surface area contributed by atoms with Crippen molar-refractivity contribution in [3.63, 3.8) is 0 Å². The Labute approximate surface area is 130 Å². The number of nitrogens with one attached hydrogen (secondary N) is 1. The second-order valence-electron chi connectivity index (χ2n) is 4.64. The van der Waals surface area contributed by atoms with E-state index in [1.807, 2.05) is 18.2 Å². The van der Waals surface area contributed by atoms with Crippen LogP contribution >= 0.6 is 23.4 Å². The van der Waals surface area contributed by atoms with E-state index in [4.69, 9.17) is 11.6 Å². The van der Waals surface area contributed by atoms with Crippen molar-refractivity contribution in [2.24, 2.45) is 0 Å². The summed E-state index contributed by atoms with van der Waals surface area (Å²) in [6.07, 6.45) is -1.29. The molecule has 1 heterocycles. The number of aliphatic hydroxyl groups is 1. The van der Waals surface area contributed by atoms with Gasteiger partial charge in [-0.05, 0) is 23.8 Å². The molecule has 0 saturated heterocycles. The molecule has 6 heteroatoms. The number of hydrogen-bond donors (Lipinski definition) is 2. The number of fused-ring (bicyclic) bond motifs is 1. The third-order valence-electron chi connectivity index (χ3n) is 3.25. The Bertz CT molecular complexity index is 723. The molecule has 0 saturated carbocycles. The highest BCUT2D eigenvalue weighted by Crippen LogP contribution is 2.37. The Morgan fingerprint density at radius 1 is 1.33 bits per heavy atom. The Morgan fingerprint density at radius 3 is 2.86 bits per heavy atom. The monoisotopic (exact) mass is 323 g/mol. The predicted octanol–water partition coefficient (Wildman–Crippen LogP) is 3.76. The Morgan fingerprint density at radius 2 is 2.10 bits per heavy atom. The molecule has 2 N–H and O–H groups in total. The van der Waals surface area contributed by atoms with Crippen molar-refractivity contribution in [2.45, 2.75) is 16.8 Å². The van der Waals surface area contributed by atoms with Gasteiger partial charge < -0.3 is 10.4 Å². The predicted molar refractivity (Wildman–Crippen MR) is 81.0 cm³/mol. The van der Waals surface area contributed by atoms with Crippen molar-refractivity contribution in [2.75, 3.05) is 5.32 Å². The van der Waals surface area contributed by atoms with Crippen LogP contribution in [0.25, 0.3) is 0 Å². The summed E-state index contributed by atoms with van der Waals surface area (Å²) in [6.45, 7) is 0. The van der Waals surface area contributed by atoms with Gasteiger partial charge in [0.05, 0.1) is 0 Å². The number of amides is 1. The summed E-state index contributed by atoms with van der Waals surface area (Å²) in [7, 11) is 0. The molecule has 2 aromatic carbocycles. The summed E-state index contributed by atoms with van der Waals surface area (Å²) in [5, 5.41) is 12.8. The lowest BCUT2D eigenvalue weighted by Gasteiger charge is -2.08. The van der Waals surface area contributed by atoms with Crippen molar-refractivity contribution < 1.29 is 14.3 Å². The van der Waals surface area contributed by atoms with Crippen LogP contribution in [0.15, 0.2) is 41.3 Å². The highest BCUT2D eigenvalue weighted by Gasteiger charge is 2.29. The maximum Gasteiger partial charge on any atom is 0.257 e. The fraction of sp³-hybridized carbons (Fsp3) is 0.133. The van der Waals surface area contributed by atoms with Crippen LogP contribution < -0.4 is 5.32 Å².